The van der Waals surface area contributed by atoms with Crippen LogP contribution in [0, 0.1) is 0 Å². The number of ether oxygens (including phenoxy) is 1. The van der Waals surface area contributed by atoms with E-state index in [9.17, 15) is 9.90 Å². The Balaban J connectivity index is 1.41. The SMILES string of the molecule is CCc1ccc(OCC(=O)N(C)C[C@H](O)CN2CCc3ccccc3CC2)cc1. The van der Waals surface area contributed by atoms with Crippen LogP contribution >= 0.6 is 0 Å². The van der Waals surface area contributed by atoms with Gasteiger partial charge in [-0.15, -0.1) is 0 Å². The number of aliphatic hydroxyl groups excluding tert-OH is 1. The molecule has 2 aromatic rings. The second-order valence-electron chi connectivity index (χ2n) is 7.78. The molecule has 1 N–H and O–H groups in total. The first kappa shape index (κ1) is 21.3. The van der Waals surface area contributed by atoms with Crippen LogP contribution in [-0.4, -0.2) is 66.8 Å². The number of likely N-dealkylation sites (N-methyl/N-ethyl adjacent to an activating group) is 1. The molecule has 0 aliphatic carbocycles. The van der Waals surface area contributed by atoms with E-state index in [1.54, 1.807) is 11.9 Å². The molecule has 0 saturated heterocycles. The molecule has 1 amide bonds. The maximum absolute atomic E-state index is 12.3. The van der Waals surface area contributed by atoms with Gasteiger partial charge < -0.3 is 19.6 Å². The molecule has 0 radical (unpaired) electrons. The number of hydrogen-bond acceptors (Lipinski definition) is 4. The Morgan fingerprint density at radius 2 is 1.72 bits per heavy atom. The van der Waals surface area contributed by atoms with Crippen molar-refractivity contribution in [1.82, 2.24) is 9.80 Å². The molecule has 0 spiro atoms. The summed E-state index contributed by atoms with van der Waals surface area (Å²) in [6.07, 6.45) is 2.40. The first-order chi connectivity index (χ1) is 14.0. The molecule has 1 aliphatic rings. The highest BCUT2D eigenvalue weighted by Gasteiger charge is 2.19. The molecule has 0 saturated carbocycles. The van der Waals surface area contributed by atoms with Gasteiger partial charge >= 0.3 is 0 Å². The Morgan fingerprint density at radius 1 is 1.10 bits per heavy atom. The molecule has 5 heteroatoms. The zero-order valence-electron chi connectivity index (χ0n) is 17.5. The zero-order chi connectivity index (χ0) is 20.6. The molecule has 0 aromatic heterocycles. The van der Waals surface area contributed by atoms with Crippen LogP contribution in [0.2, 0.25) is 0 Å². The van der Waals surface area contributed by atoms with Crippen LogP contribution in [0.25, 0.3) is 0 Å². The van der Waals surface area contributed by atoms with Gasteiger partial charge in [-0.3, -0.25) is 4.79 Å². The minimum atomic E-state index is -0.575. The zero-order valence-corrected chi connectivity index (χ0v) is 17.5. The maximum atomic E-state index is 12.3. The Morgan fingerprint density at radius 3 is 2.31 bits per heavy atom. The number of hydrogen-bond donors (Lipinski definition) is 1. The van der Waals surface area contributed by atoms with Crippen molar-refractivity contribution in [1.29, 1.82) is 0 Å². The summed E-state index contributed by atoms with van der Waals surface area (Å²) in [6, 6.07) is 16.3. The normalized spacial score (nSPS) is 15.3. The number of carbonyl (C=O) groups excluding carboxylic acids is 1. The first-order valence-corrected chi connectivity index (χ1v) is 10.5. The average molecular weight is 397 g/mol. The fraction of sp³-hybridized carbons (Fsp3) is 0.458. The lowest BCUT2D eigenvalue weighted by atomic mass is 10.0. The molecular weight excluding hydrogens is 364 g/mol. The van der Waals surface area contributed by atoms with Gasteiger partial charge in [0, 0.05) is 33.2 Å². The largest absolute Gasteiger partial charge is 0.484 e. The van der Waals surface area contributed by atoms with Crippen LogP contribution in [0.4, 0.5) is 0 Å². The van der Waals surface area contributed by atoms with Crippen LogP contribution in [0.1, 0.15) is 23.6 Å². The standard InChI is InChI=1S/C24H32N2O3/c1-3-19-8-10-23(11-9-19)29-18-24(28)25(2)16-22(27)17-26-14-12-20-6-4-5-7-21(20)13-15-26/h4-11,22,27H,3,12-18H2,1-2H3/t22-/m0/s1. The van der Waals surface area contributed by atoms with Crippen molar-refractivity contribution < 1.29 is 14.6 Å². The third-order valence-electron chi connectivity index (χ3n) is 5.59. The van der Waals surface area contributed by atoms with E-state index in [1.165, 1.54) is 16.7 Å². The summed E-state index contributed by atoms with van der Waals surface area (Å²) in [5, 5.41) is 10.5. The number of carbonyl (C=O) groups is 1. The van der Waals surface area contributed by atoms with E-state index >= 15 is 0 Å². The third-order valence-corrected chi connectivity index (χ3v) is 5.59. The Labute approximate surface area is 173 Å². The molecule has 1 aliphatic heterocycles. The molecule has 3 rings (SSSR count). The van der Waals surface area contributed by atoms with E-state index < -0.39 is 6.10 Å². The molecule has 0 bridgehead atoms. The number of benzene rings is 2. The molecule has 1 atom stereocenters. The fourth-order valence-corrected chi connectivity index (χ4v) is 3.75. The molecule has 1 heterocycles. The van der Waals surface area contributed by atoms with E-state index in [0.29, 0.717) is 18.8 Å². The predicted octanol–water partition coefficient (Wildman–Crippen LogP) is 2.55. The van der Waals surface area contributed by atoms with Crippen LogP contribution in [0.3, 0.4) is 0 Å². The molecule has 2 aromatic carbocycles. The van der Waals surface area contributed by atoms with Gasteiger partial charge in [0.2, 0.25) is 0 Å². The first-order valence-electron chi connectivity index (χ1n) is 10.5. The molecular formula is C24H32N2O3. The summed E-state index contributed by atoms with van der Waals surface area (Å²) < 4.78 is 5.59. The third kappa shape index (κ3) is 6.31. The van der Waals surface area contributed by atoms with Gasteiger partial charge in [-0.1, -0.05) is 43.3 Å². The van der Waals surface area contributed by atoms with Crippen molar-refractivity contribution >= 4 is 5.91 Å². The smallest absolute Gasteiger partial charge is 0.260 e. The lowest BCUT2D eigenvalue weighted by Crippen LogP contribution is -2.43. The van der Waals surface area contributed by atoms with Crippen molar-refractivity contribution in [3.63, 3.8) is 0 Å². The Hall–Kier alpha value is -2.37. The number of rotatable bonds is 8. The number of amides is 1. The highest BCUT2D eigenvalue weighted by atomic mass is 16.5. The van der Waals surface area contributed by atoms with Crippen LogP contribution in [-0.2, 0) is 24.1 Å². The van der Waals surface area contributed by atoms with Gasteiger partial charge in [0.05, 0.1) is 6.10 Å². The average Bonchev–Trinajstić information content (AvgIpc) is 2.94. The molecule has 0 unspecified atom stereocenters. The highest BCUT2D eigenvalue weighted by molar-refractivity contribution is 5.77. The molecule has 5 nitrogen and oxygen atoms in total. The predicted molar refractivity (Wildman–Crippen MR) is 115 cm³/mol. The van der Waals surface area contributed by atoms with Gasteiger partial charge in [-0.25, -0.2) is 0 Å². The summed E-state index contributed by atoms with van der Waals surface area (Å²) in [5.41, 5.74) is 4.04. The number of aliphatic hydroxyl groups is 1. The Kier molecular flexibility index (Phi) is 7.67. The van der Waals surface area contributed by atoms with Gasteiger partial charge in [0.25, 0.3) is 5.91 Å². The van der Waals surface area contributed by atoms with Crippen LogP contribution in [0.5, 0.6) is 5.75 Å². The number of β-amino-alcohol motifs (C(OH)–C–C–N with tert-alkyl or cyclic N) is 1. The monoisotopic (exact) mass is 396 g/mol. The molecule has 29 heavy (non-hydrogen) atoms. The van der Waals surface area contributed by atoms with Gasteiger partial charge in [0.15, 0.2) is 6.61 Å². The van der Waals surface area contributed by atoms with E-state index in [-0.39, 0.29) is 12.5 Å². The van der Waals surface area contributed by atoms with Crippen molar-refractivity contribution in [3.8, 4) is 5.75 Å². The minimum Gasteiger partial charge on any atom is -0.484 e. The van der Waals surface area contributed by atoms with E-state index in [4.69, 9.17) is 4.74 Å². The van der Waals surface area contributed by atoms with E-state index in [1.807, 2.05) is 24.3 Å². The maximum Gasteiger partial charge on any atom is 0.260 e. The summed E-state index contributed by atoms with van der Waals surface area (Å²) in [7, 11) is 1.72. The fourth-order valence-electron chi connectivity index (χ4n) is 3.75. The second-order valence-corrected chi connectivity index (χ2v) is 7.78. The van der Waals surface area contributed by atoms with Crippen molar-refractivity contribution in [2.24, 2.45) is 0 Å². The topological polar surface area (TPSA) is 53.0 Å². The van der Waals surface area contributed by atoms with Crippen LogP contribution in [0.15, 0.2) is 48.5 Å². The lowest BCUT2D eigenvalue weighted by Gasteiger charge is -2.26. The van der Waals surface area contributed by atoms with Crippen molar-refractivity contribution in [3.05, 3.63) is 65.2 Å². The second kappa shape index (κ2) is 10.4. The summed E-state index contributed by atoms with van der Waals surface area (Å²) >= 11 is 0. The minimum absolute atomic E-state index is 0.0201. The van der Waals surface area contributed by atoms with E-state index in [0.717, 1.165) is 32.4 Å². The quantitative estimate of drug-likeness (QED) is 0.745. The van der Waals surface area contributed by atoms with Gasteiger partial charge in [-0.05, 0) is 48.1 Å². The van der Waals surface area contributed by atoms with E-state index in [2.05, 4.69) is 36.1 Å². The molecule has 0 fully saturated rings. The lowest BCUT2D eigenvalue weighted by molar-refractivity contribution is -0.133. The summed E-state index contributed by atoms with van der Waals surface area (Å²) in [4.78, 5) is 16.2. The summed E-state index contributed by atoms with van der Waals surface area (Å²) in [6.45, 7) is 4.83. The van der Waals surface area contributed by atoms with Crippen molar-refractivity contribution in [2.45, 2.75) is 32.3 Å². The number of nitrogens with zero attached hydrogens (tertiary/aromatic N) is 2. The summed E-state index contributed by atoms with van der Waals surface area (Å²) in [5.74, 6) is 0.556. The number of aryl methyl sites for hydroxylation is 1. The number of fused-ring (bicyclic) bond motifs is 1. The molecule has 156 valence electrons. The van der Waals surface area contributed by atoms with Crippen molar-refractivity contribution in [2.75, 3.05) is 39.8 Å². The Bertz CT molecular complexity index is 764. The van der Waals surface area contributed by atoms with Crippen LogP contribution < -0.4 is 4.74 Å². The van der Waals surface area contributed by atoms with Gasteiger partial charge in [0.1, 0.15) is 5.75 Å². The van der Waals surface area contributed by atoms with Gasteiger partial charge in [-0.2, -0.15) is 0 Å². The highest BCUT2D eigenvalue weighted by Crippen LogP contribution is 2.16.